The Kier molecular flexibility index (Phi) is 4.55. The predicted octanol–water partition coefficient (Wildman–Crippen LogP) is 2.22. The molecule has 2 heterocycles. The van der Waals surface area contributed by atoms with Crippen molar-refractivity contribution in [1.82, 2.24) is 15.1 Å². The van der Waals surface area contributed by atoms with Gasteiger partial charge in [0.05, 0.1) is 0 Å². The number of rotatable bonds is 5. The normalized spacial score (nSPS) is 16.3. The first-order valence-electron chi connectivity index (χ1n) is 7.83. The van der Waals surface area contributed by atoms with E-state index in [-0.39, 0.29) is 0 Å². The zero-order valence-corrected chi connectivity index (χ0v) is 12.7. The maximum atomic E-state index is 4.21. The van der Waals surface area contributed by atoms with Gasteiger partial charge in [-0.25, -0.2) is 0 Å². The van der Waals surface area contributed by atoms with E-state index in [2.05, 4.69) is 51.7 Å². The summed E-state index contributed by atoms with van der Waals surface area (Å²) in [6.45, 7) is 3.33. The lowest BCUT2D eigenvalue weighted by Gasteiger charge is -2.34. The Balaban J connectivity index is 1.41. The summed E-state index contributed by atoms with van der Waals surface area (Å²) in [6.07, 6.45) is 5.36. The minimum absolute atomic E-state index is 0.651. The van der Waals surface area contributed by atoms with Gasteiger partial charge in [0.1, 0.15) is 0 Å². The van der Waals surface area contributed by atoms with Crippen molar-refractivity contribution in [2.75, 3.05) is 24.5 Å². The number of hydrogen-bond donors (Lipinski definition) is 1. The number of nitrogens with zero attached hydrogens (tertiary/aromatic N) is 3. The van der Waals surface area contributed by atoms with Crippen LogP contribution in [-0.2, 0) is 13.5 Å². The molecule has 0 unspecified atom stereocenters. The molecular weight excluding hydrogens is 260 g/mol. The topological polar surface area (TPSA) is 33.1 Å². The highest BCUT2D eigenvalue weighted by molar-refractivity contribution is 5.46. The van der Waals surface area contributed by atoms with Gasteiger partial charge in [-0.15, -0.1) is 0 Å². The summed E-state index contributed by atoms with van der Waals surface area (Å²) in [5.41, 5.74) is 2.65. The number of aromatic nitrogens is 2. The summed E-state index contributed by atoms with van der Waals surface area (Å²) in [6, 6.07) is 13.5. The van der Waals surface area contributed by atoms with Crippen LogP contribution in [0.15, 0.2) is 42.6 Å². The van der Waals surface area contributed by atoms with Gasteiger partial charge in [0.25, 0.3) is 0 Å². The molecule has 0 radical (unpaired) electrons. The Morgan fingerprint density at radius 2 is 1.90 bits per heavy atom. The van der Waals surface area contributed by atoms with Crippen molar-refractivity contribution in [2.24, 2.45) is 7.05 Å². The van der Waals surface area contributed by atoms with Gasteiger partial charge >= 0.3 is 0 Å². The lowest BCUT2D eigenvalue weighted by atomic mass is 10.0. The largest absolute Gasteiger partial charge is 0.371 e. The van der Waals surface area contributed by atoms with Gasteiger partial charge in [0, 0.05) is 56.7 Å². The summed E-state index contributed by atoms with van der Waals surface area (Å²) in [5, 5.41) is 7.90. The number of aryl methyl sites for hydroxylation is 1. The van der Waals surface area contributed by atoms with Crippen LogP contribution in [0.4, 0.5) is 5.69 Å². The molecule has 4 heteroatoms. The quantitative estimate of drug-likeness (QED) is 0.914. The second kappa shape index (κ2) is 6.76. The van der Waals surface area contributed by atoms with Crippen molar-refractivity contribution in [3.8, 4) is 0 Å². The van der Waals surface area contributed by atoms with E-state index in [1.165, 1.54) is 24.2 Å². The first-order chi connectivity index (χ1) is 10.3. The Morgan fingerprint density at radius 3 is 2.57 bits per heavy atom. The van der Waals surface area contributed by atoms with E-state index in [1.807, 2.05) is 17.9 Å². The molecule has 3 rings (SSSR count). The molecule has 0 aliphatic carbocycles. The molecule has 21 heavy (non-hydrogen) atoms. The number of hydrogen-bond acceptors (Lipinski definition) is 3. The van der Waals surface area contributed by atoms with Crippen LogP contribution in [0.5, 0.6) is 0 Å². The second-order valence-corrected chi connectivity index (χ2v) is 5.75. The Bertz CT molecular complexity index is 541. The summed E-state index contributed by atoms with van der Waals surface area (Å²) in [5.74, 6) is 0. The smallest absolute Gasteiger partial charge is 0.0492 e. The molecule has 0 atom stereocenters. The van der Waals surface area contributed by atoms with Crippen LogP contribution in [0.1, 0.15) is 18.5 Å². The summed E-state index contributed by atoms with van der Waals surface area (Å²) in [7, 11) is 2.01. The summed E-state index contributed by atoms with van der Waals surface area (Å²) >= 11 is 0. The van der Waals surface area contributed by atoms with Gasteiger partial charge in [-0.3, -0.25) is 4.68 Å². The molecule has 0 spiro atoms. The molecule has 0 amide bonds. The molecule has 112 valence electrons. The third kappa shape index (κ3) is 3.64. The van der Waals surface area contributed by atoms with Crippen molar-refractivity contribution in [1.29, 1.82) is 0 Å². The Hall–Kier alpha value is -1.81. The van der Waals surface area contributed by atoms with Crippen molar-refractivity contribution in [2.45, 2.75) is 25.3 Å². The van der Waals surface area contributed by atoms with E-state index >= 15 is 0 Å². The molecule has 1 aliphatic heterocycles. The molecule has 0 saturated carbocycles. The average Bonchev–Trinajstić information content (AvgIpc) is 2.94. The van der Waals surface area contributed by atoms with Crippen molar-refractivity contribution in [3.05, 3.63) is 48.3 Å². The molecule has 1 fully saturated rings. The fourth-order valence-corrected chi connectivity index (χ4v) is 3.03. The van der Waals surface area contributed by atoms with Crippen LogP contribution in [0, 0.1) is 0 Å². The van der Waals surface area contributed by atoms with Crippen LogP contribution in [0.25, 0.3) is 0 Å². The minimum atomic E-state index is 0.651. The second-order valence-electron chi connectivity index (χ2n) is 5.75. The molecule has 1 aromatic heterocycles. The SMILES string of the molecule is Cn1nccc1CCNC1CCN(c2ccccc2)CC1. The van der Waals surface area contributed by atoms with E-state index in [1.54, 1.807) is 0 Å². The number of nitrogens with one attached hydrogen (secondary N) is 1. The highest BCUT2D eigenvalue weighted by Crippen LogP contribution is 2.19. The third-order valence-corrected chi connectivity index (χ3v) is 4.35. The predicted molar refractivity (Wildman–Crippen MR) is 86.6 cm³/mol. The zero-order valence-electron chi connectivity index (χ0n) is 12.7. The maximum absolute atomic E-state index is 4.21. The minimum Gasteiger partial charge on any atom is -0.371 e. The molecule has 1 aliphatic rings. The Labute approximate surface area is 126 Å². The highest BCUT2D eigenvalue weighted by atomic mass is 15.3. The lowest BCUT2D eigenvalue weighted by Crippen LogP contribution is -2.43. The third-order valence-electron chi connectivity index (χ3n) is 4.35. The van der Waals surface area contributed by atoms with Crippen LogP contribution in [0.3, 0.4) is 0 Å². The Morgan fingerprint density at radius 1 is 1.14 bits per heavy atom. The van der Waals surface area contributed by atoms with Gasteiger partial charge in [-0.1, -0.05) is 18.2 Å². The molecular formula is C17H24N4. The van der Waals surface area contributed by atoms with Gasteiger partial charge in [-0.05, 0) is 31.0 Å². The van der Waals surface area contributed by atoms with Gasteiger partial charge in [0.15, 0.2) is 0 Å². The first-order valence-corrected chi connectivity index (χ1v) is 7.83. The fraction of sp³-hybridized carbons (Fsp3) is 0.471. The molecule has 0 bridgehead atoms. The molecule has 1 N–H and O–H groups in total. The molecule has 1 saturated heterocycles. The average molecular weight is 284 g/mol. The monoisotopic (exact) mass is 284 g/mol. The zero-order chi connectivity index (χ0) is 14.5. The van der Waals surface area contributed by atoms with Crippen LogP contribution in [0.2, 0.25) is 0 Å². The van der Waals surface area contributed by atoms with E-state index in [9.17, 15) is 0 Å². The van der Waals surface area contributed by atoms with Crippen molar-refractivity contribution >= 4 is 5.69 Å². The highest BCUT2D eigenvalue weighted by Gasteiger charge is 2.18. The number of benzene rings is 1. The summed E-state index contributed by atoms with van der Waals surface area (Å²) < 4.78 is 1.96. The number of piperidine rings is 1. The molecule has 2 aromatic rings. The van der Waals surface area contributed by atoms with Gasteiger partial charge in [-0.2, -0.15) is 5.10 Å². The summed E-state index contributed by atoms with van der Waals surface area (Å²) in [4.78, 5) is 2.49. The van der Waals surface area contributed by atoms with Crippen molar-refractivity contribution in [3.63, 3.8) is 0 Å². The molecule has 1 aromatic carbocycles. The van der Waals surface area contributed by atoms with Crippen LogP contribution in [-0.4, -0.2) is 35.5 Å². The molecule has 4 nitrogen and oxygen atoms in total. The van der Waals surface area contributed by atoms with E-state index in [4.69, 9.17) is 0 Å². The maximum Gasteiger partial charge on any atom is 0.0492 e. The van der Waals surface area contributed by atoms with Crippen molar-refractivity contribution < 1.29 is 0 Å². The standard InChI is InChI=1S/C17H24N4/c1-20-16(8-12-19-20)7-11-18-15-9-13-21(14-10-15)17-5-3-2-4-6-17/h2-6,8,12,15,18H,7,9-11,13-14H2,1H3. The van der Waals surface area contributed by atoms with E-state index in [0.29, 0.717) is 6.04 Å². The first kappa shape index (κ1) is 14.1. The van der Waals surface area contributed by atoms with Gasteiger partial charge < -0.3 is 10.2 Å². The fourth-order valence-electron chi connectivity index (χ4n) is 3.03. The van der Waals surface area contributed by atoms with Gasteiger partial charge in [0.2, 0.25) is 0 Å². The van der Waals surface area contributed by atoms with E-state index in [0.717, 1.165) is 26.1 Å². The number of para-hydroxylation sites is 1. The lowest BCUT2D eigenvalue weighted by molar-refractivity contribution is 0.416. The van der Waals surface area contributed by atoms with E-state index < -0.39 is 0 Å². The van der Waals surface area contributed by atoms with Crippen LogP contribution >= 0.6 is 0 Å². The number of anilines is 1. The van der Waals surface area contributed by atoms with Crippen LogP contribution < -0.4 is 10.2 Å².